The van der Waals surface area contributed by atoms with E-state index in [0.29, 0.717) is 10.0 Å². The lowest BCUT2D eigenvalue weighted by Crippen LogP contribution is -2.03. The monoisotopic (exact) mass is 326 g/mol. The van der Waals surface area contributed by atoms with Gasteiger partial charge in [-0.15, -0.1) is 0 Å². The Hall–Kier alpha value is -2.29. The third kappa shape index (κ3) is 2.32. The molecule has 0 radical (unpaired) electrons. The molecule has 9 heteroatoms. The second kappa shape index (κ2) is 4.76. The molecule has 0 atom stereocenters. The third-order valence-electron chi connectivity index (χ3n) is 2.46. The molecule has 0 unspecified atom stereocenters. The number of carbonyl (C=O) groups is 1. The summed E-state index contributed by atoms with van der Waals surface area (Å²) in [5.74, 6) is -0.823. The molecule has 0 aliphatic rings. The van der Waals surface area contributed by atoms with Crippen molar-refractivity contribution in [2.75, 3.05) is 0 Å². The quantitative estimate of drug-likeness (QED) is 0.681. The number of carboxylic acids is 1. The van der Waals surface area contributed by atoms with Crippen molar-refractivity contribution < 1.29 is 14.8 Å². The molecule has 0 saturated heterocycles. The fraction of sp³-hybridized carbons (Fsp3) is 0.100. The standard InChI is InChI=1S/C10H7BrN4O4/c1-5-7(15(18)19)3-12-9(8(5)11)14-4-6(2-13-14)10(16)17/h2-4H,1H3,(H,16,17). The van der Waals surface area contributed by atoms with Crippen LogP contribution in [0, 0.1) is 17.0 Å². The molecule has 8 nitrogen and oxygen atoms in total. The van der Waals surface area contributed by atoms with Gasteiger partial charge in [-0.05, 0) is 22.9 Å². The average molecular weight is 327 g/mol. The van der Waals surface area contributed by atoms with E-state index in [0.717, 1.165) is 6.20 Å². The van der Waals surface area contributed by atoms with Crippen molar-refractivity contribution in [2.45, 2.75) is 6.92 Å². The molecule has 2 aromatic heterocycles. The average Bonchev–Trinajstić information content (AvgIpc) is 2.81. The van der Waals surface area contributed by atoms with Crippen molar-refractivity contribution in [3.05, 3.63) is 44.3 Å². The fourth-order valence-electron chi connectivity index (χ4n) is 1.45. The minimum absolute atomic E-state index is 0.00436. The van der Waals surface area contributed by atoms with Gasteiger partial charge in [0.25, 0.3) is 5.69 Å². The Kier molecular flexibility index (Phi) is 3.30. The lowest BCUT2D eigenvalue weighted by molar-refractivity contribution is -0.385. The van der Waals surface area contributed by atoms with Gasteiger partial charge in [0.1, 0.15) is 6.20 Å². The summed E-state index contributed by atoms with van der Waals surface area (Å²) >= 11 is 3.21. The van der Waals surface area contributed by atoms with E-state index >= 15 is 0 Å². The number of rotatable bonds is 3. The molecule has 0 aromatic carbocycles. The Morgan fingerprint density at radius 3 is 2.74 bits per heavy atom. The minimum atomic E-state index is -1.11. The zero-order valence-corrected chi connectivity index (χ0v) is 11.2. The van der Waals surface area contributed by atoms with E-state index in [9.17, 15) is 14.9 Å². The van der Waals surface area contributed by atoms with E-state index in [1.165, 1.54) is 17.1 Å². The summed E-state index contributed by atoms with van der Waals surface area (Å²) in [6, 6.07) is 0. The van der Waals surface area contributed by atoms with Crippen molar-refractivity contribution >= 4 is 27.6 Å². The molecule has 0 amide bonds. The molecule has 98 valence electrons. The molecule has 19 heavy (non-hydrogen) atoms. The van der Waals surface area contributed by atoms with E-state index in [1.54, 1.807) is 6.92 Å². The molecule has 2 heterocycles. The maximum atomic E-state index is 10.8. The lowest BCUT2D eigenvalue weighted by Gasteiger charge is -2.06. The number of nitrogens with zero attached hydrogens (tertiary/aromatic N) is 4. The van der Waals surface area contributed by atoms with Gasteiger partial charge in [0.2, 0.25) is 0 Å². The predicted molar refractivity (Wildman–Crippen MR) is 67.4 cm³/mol. The van der Waals surface area contributed by atoms with Crippen LogP contribution in [0.2, 0.25) is 0 Å². The highest BCUT2D eigenvalue weighted by Gasteiger charge is 2.19. The van der Waals surface area contributed by atoms with Crippen LogP contribution in [0.1, 0.15) is 15.9 Å². The van der Waals surface area contributed by atoms with Gasteiger partial charge in [0.05, 0.1) is 21.2 Å². The first-order chi connectivity index (χ1) is 8.91. The number of hydrogen-bond donors (Lipinski definition) is 1. The van der Waals surface area contributed by atoms with Gasteiger partial charge < -0.3 is 5.11 Å². The number of nitro groups is 1. The number of aromatic nitrogens is 3. The lowest BCUT2D eigenvalue weighted by atomic mass is 10.2. The first-order valence-corrected chi connectivity index (χ1v) is 5.79. The second-order valence-corrected chi connectivity index (χ2v) is 4.43. The van der Waals surface area contributed by atoms with Crippen molar-refractivity contribution in [1.82, 2.24) is 14.8 Å². The highest BCUT2D eigenvalue weighted by atomic mass is 79.9. The Labute approximate surface area is 115 Å². The Bertz CT molecular complexity index is 682. The van der Waals surface area contributed by atoms with Crippen LogP contribution >= 0.6 is 15.9 Å². The Balaban J connectivity index is 2.54. The summed E-state index contributed by atoms with van der Waals surface area (Å²) in [7, 11) is 0. The van der Waals surface area contributed by atoms with Gasteiger partial charge in [0, 0.05) is 11.8 Å². The van der Waals surface area contributed by atoms with Gasteiger partial charge >= 0.3 is 5.97 Å². The van der Waals surface area contributed by atoms with E-state index in [2.05, 4.69) is 26.0 Å². The summed E-state index contributed by atoms with van der Waals surface area (Å²) in [4.78, 5) is 24.9. The minimum Gasteiger partial charge on any atom is -0.478 e. The molecule has 2 aromatic rings. The van der Waals surface area contributed by atoms with E-state index < -0.39 is 10.9 Å². The smallest absolute Gasteiger partial charge is 0.338 e. The predicted octanol–water partition coefficient (Wildman–Crippen LogP) is 1.94. The van der Waals surface area contributed by atoms with Gasteiger partial charge in [-0.3, -0.25) is 10.1 Å². The van der Waals surface area contributed by atoms with Crippen LogP contribution < -0.4 is 0 Å². The molecule has 0 aliphatic carbocycles. The molecule has 0 spiro atoms. The largest absolute Gasteiger partial charge is 0.478 e. The molecular formula is C10H7BrN4O4. The second-order valence-electron chi connectivity index (χ2n) is 3.64. The van der Waals surface area contributed by atoms with Gasteiger partial charge in [-0.2, -0.15) is 5.10 Å². The van der Waals surface area contributed by atoms with Crippen LogP contribution in [-0.4, -0.2) is 30.8 Å². The maximum absolute atomic E-state index is 10.8. The summed E-state index contributed by atoms with van der Waals surface area (Å²) in [5.41, 5.74) is 0.272. The van der Waals surface area contributed by atoms with Crippen LogP contribution in [-0.2, 0) is 0 Å². The van der Waals surface area contributed by atoms with Gasteiger partial charge in [-0.1, -0.05) is 0 Å². The highest BCUT2D eigenvalue weighted by molar-refractivity contribution is 9.10. The number of carboxylic acid groups (broad SMARTS) is 1. The zero-order valence-electron chi connectivity index (χ0n) is 9.57. The maximum Gasteiger partial charge on any atom is 0.338 e. The Morgan fingerprint density at radius 2 is 2.21 bits per heavy atom. The summed E-state index contributed by atoms with van der Waals surface area (Å²) in [6.45, 7) is 1.56. The van der Waals surface area contributed by atoms with Crippen LogP contribution in [0.4, 0.5) is 5.69 Å². The summed E-state index contributed by atoms with van der Waals surface area (Å²) in [5, 5.41) is 23.4. The normalized spacial score (nSPS) is 10.4. The van der Waals surface area contributed by atoms with Crippen LogP contribution in [0.15, 0.2) is 23.1 Å². The van der Waals surface area contributed by atoms with E-state index in [-0.39, 0.29) is 17.1 Å². The highest BCUT2D eigenvalue weighted by Crippen LogP contribution is 2.29. The first kappa shape index (κ1) is 13.1. The van der Waals surface area contributed by atoms with Gasteiger partial charge in [0.15, 0.2) is 5.82 Å². The fourth-order valence-corrected chi connectivity index (χ4v) is 1.94. The summed E-state index contributed by atoms with van der Waals surface area (Å²) < 4.78 is 1.63. The SMILES string of the molecule is Cc1c([N+](=O)[O-])cnc(-n2cc(C(=O)O)cn2)c1Br. The molecule has 0 saturated carbocycles. The molecule has 1 N–H and O–H groups in total. The van der Waals surface area contributed by atoms with E-state index in [4.69, 9.17) is 5.11 Å². The van der Waals surface area contributed by atoms with Crippen molar-refractivity contribution in [3.8, 4) is 5.82 Å². The van der Waals surface area contributed by atoms with Crippen LogP contribution in [0.25, 0.3) is 5.82 Å². The number of hydrogen-bond acceptors (Lipinski definition) is 5. The van der Waals surface area contributed by atoms with Crippen LogP contribution in [0.5, 0.6) is 0 Å². The first-order valence-electron chi connectivity index (χ1n) is 4.99. The van der Waals surface area contributed by atoms with Crippen molar-refractivity contribution in [3.63, 3.8) is 0 Å². The molecule has 0 aliphatic heterocycles. The molecular weight excluding hydrogens is 320 g/mol. The van der Waals surface area contributed by atoms with Crippen molar-refractivity contribution in [2.24, 2.45) is 0 Å². The third-order valence-corrected chi connectivity index (χ3v) is 3.41. The zero-order chi connectivity index (χ0) is 14.2. The number of aromatic carboxylic acids is 1. The van der Waals surface area contributed by atoms with Gasteiger partial charge in [-0.25, -0.2) is 14.5 Å². The van der Waals surface area contributed by atoms with E-state index in [1.807, 2.05) is 0 Å². The Morgan fingerprint density at radius 1 is 1.53 bits per heavy atom. The van der Waals surface area contributed by atoms with Crippen molar-refractivity contribution in [1.29, 1.82) is 0 Å². The molecule has 2 rings (SSSR count). The number of halogens is 1. The topological polar surface area (TPSA) is 111 Å². The number of pyridine rings is 1. The molecule has 0 bridgehead atoms. The molecule has 0 fully saturated rings. The summed E-state index contributed by atoms with van der Waals surface area (Å²) in [6.07, 6.45) is 3.56. The van der Waals surface area contributed by atoms with Crippen LogP contribution in [0.3, 0.4) is 0 Å².